The second-order valence-electron chi connectivity index (χ2n) is 5.01. The quantitative estimate of drug-likeness (QED) is 0.340. The standard InChI is InChI=1S/C14H30O7S/c1-3-4-5-6-7-14(2)20-12-10-18-8-9-19-11-13-21-22(15,16)17/h14H,3-13H2,1-2H3,(H,15,16,17). The highest BCUT2D eigenvalue weighted by Crippen LogP contribution is 2.07. The van der Waals surface area contributed by atoms with Gasteiger partial charge < -0.3 is 14.2 Å². The Kier molecular flexibility index (Phi) is 14.2. The van der Waals surface area contributed by atoms with E-state index in [-0.39, 0.29) is 19.3 Å². The van der Waals surface area contributed by atoms with E-state index in [4.69, 9.17) is 18.8 Å². The topological polar surface area (TPSA) is 91.3 Å². The minimum absolute atomic E-state index is 0.0778. The summed E-state index contributed by atoms with van der Waals surface area (Å²) >= 11 is 0. The van der Waals surface area contributed by atoms with E-state index in [1.807, 2.05) is 0 Å². The molecule has 0 radical (unpaired) electrons. The molecule has 0 saturated carbocycles. The lowest BCUT2D eigenvalue weighted by Crippen LogP contribution is -2.15. The molecule has 0 amide bonds. The third kappa shape index (κ3) is 17.8. The van der Waals surface area contributed by atoms with Crippen molar-refractivity contribution in [2.75, 3.05) is 39.6 Å². The van der Waals surface area contributed by atoms with Crippen LogP contribution in [0, 0.1) is 0 Å². The number of unbranched alkanes of at least 4 members (excludes halogenated alkanes) is 3. The molecule has 8 heteroatoms. The number of hydrogen-bond donors (Lipinski definition) is 1. The molecule has 0 aliphatic carbocycles. The normalized spacial score (nSPS) is 13.4. The zero-order valence-electron chi connectivity index (χ0n) is 13.7. The Morgan fingerprint density at radius 1 is 0.909 bits per heavy atom. The van der Waals surface area contributed by atoms with Crippen molar-refractivity contribution >= 4 is 10.4 Å². The average molecular weight is 342 g/mol. The van der Waals surface area contributed by atoms with Crippen molar-refractivity contribution in [2.45, 2.75) is 52.1 Å². The molecule has 0 aromatic rings. The molecule has 22 heavy (non-hydrogen) atoms. The van der Waals surface area contributed by atoms with Gasteiger partial charge in [-0.2, -0.15) is 8.42 Å². The van der Waals surface area contributed by atoms with E-state index in [0.29, 0.717) is 26.4 Å². The van der Waals surface area contributed by atoms with Crippen LogP contribution in [0.4, 0.5) is 0 Å². The largest absolute Gasteiger partial charge is 0.397 e. The van der Waals surface area contributed by atoms with E-state index in [1.54, 1.807) is 0 Å². The highest BCUT2D eigenvalue weighted by molar-refractivity contribution is 7.80. The Hall–Kier alpha value is -0.250. The SMILES string of the molecule is CCCCCCC(C)OCCOCCOCCOS(=O)(=O)O. The minimum Gasteiger partial charge on any atom is -0.377 e. The van der Waals surface area contributed by atoms with Crippen molar-refractivity contribution in [3.63, 3.8) is 0 Å². The summed E-state index contributed by atoms with van der Waals surface area (Å²) in [5, 5.41) is 0. The minimum atomic E-state index is -4.38. The molecule has 0 aliphatic heterocycles. The summed E-state index contributed by atoms with van der Waals surface area (Å²) < 4.78 is 48.9. The average Bonchev–Trinajstić information content (AvgIpc) is 2.44. The first-order chi connectivity index (χ1) is 10.5. The maximum absolute atomic E-state index is 10.2. The molecule has 134 valence electrons. The van der Waals surface area contributed by atoms with Gasteiger partial charge in [-0.3, -0.25) is 4.55 Å². The lowest BCUT2D eigenvalue weighted by atomic mass is 10.1. The van der Waals surface area contributed by atoms with Crippen molar-refractivity contribution in [3.05, 3.63) is 0 Å². The Bertz CT molecular complexity index is 332. The van der Waals surface area contributed by atoms with Gasteiger partial charge >= 0.3 is 10.4 Å². The molecule has 0 aromatic carbocycles. The van der Waals surface area contributed by atoms with E-state index in [0.717, 1.165) is 6.42 Å². The highest BCUT2D eigenvalue weighted by Gasteiger charge is 2.03. The first kappa shape index (κ1) is 21.8. The summed E-state index contributed by atoms with van der Waals surface area (Å²) in [4.78, 5) is 0. The predicted octanol–water partition coefficient (Wildman–Crippen LogP) is 2.21. The Morgan fingerprint density at radius 3 is 2.09 bits per heavy atom. The predicted molar refractivity (Wildman–Crippen MR) is 83.3 cm³/mol. The smallest absolute Gasteiger partial charge is 0.377 e. The maximum atomic E-state index is 10.2. The van der Waals surface area contributed by atoms with Gasteiger partial charge in [-0.15, -0.1) is 0 Å². The molecule has 1 atom stereocenters. The van der Waals surface area contributed by atoms with Gasteiger partial charge in [0.25, 0.3) is 0 Å². The summed E-state index contributed by atoms with van der Waals surface area (Å²) in [6, 6.07) is 0. The number of rotatable bonds is 16. The van der Waals surface area contributed by atoms with E-state index in [9.17, 15) is 8.42 Å². The molecule has 7 nitrogen and oxygen atoms in total. The summed E-state index contributed by atoms with van der Waals surface area (Å²) in [6.45, 7) is 5.94. The van der Waals surface area contributed by atoms with Gasteiger partial charge in [-0.05, 0) is 13.3 Å². The molecule has 0 spiro atoms. The molecule has 0 saturated heterocycles. The maximum Gasteiger partial charge on any atom is 0.397 e. The lowest BCUT2D eigenvalue weighted by molar-refractivity contribution is -0.0114. The van der Waals surface area contributed by atoms with Crippen LogP contribution in [0.25, 0.3) is 0 Å². The van der Waals surface area contributed by atoms with Gasteiger partial charge in [0.1, 0.15) is 0 Å². The fourth-order valence-corrected chi connectivity index (χ4v) is 2.05. The first-order valence-corrected chi connectivity index (χ1v) is 9.21. The van der Waals surface area contributed by atoms with Crippen LogP contribution in [-0.2, 0) is 28.8 Å². The Morgan fingerprint density at radius 2 is 1.50 bits per heavy atom. The van der Waals surface area contributed by atoms with Crippen LogP contribution in [0.1, 0.15) is 46.0 Å². The van der Waals surface area contributed by atoms with Crippen molar-refractivity contribution in [1.82, 2.24) is 0 Å². The van der Waals surface area contributed by atoms with Gasteiger partial charge in [-0.1, -0.05) is 32.6 Å². The number of ether oxygens (including phenoxy) is 3. The van der Waals surface area contributed by atoms with Gasteiger partial charge in [0, 0.05) is 0 Å². The van der Waals surface area contributed by atoms with Gasteiger partial charge in [-0.25, -0.2) is 4.18 Å². The molecule has 0 heterocycles. The van der Waals surface area contributed by atoms with Crippen LogP contribution in [0.3, 0.4) is 0 Å². The van der Waals surface area contributed by atoms with Gasteiger partial charge in [0.15, 0.2) is 0 Å². The first-order valence-electron chi connectivity index (χ1n) is 7.84. The van der Waals surface area contributed by atoms with Crippen LogP contribution < -0.4 is 0 Å². The second kappa shape index (κ2) is 14.3. The van der Waals surface area contributed by atoms with E-state index >= 15 is 0 Å². The molecule has 1 unspecified atom stereocenters. The molecule has 0 fully saturated rings. The monoisotopic (exact) mass is 342 g/mol. The number of hydrogen-bond acceptors (Lipinski definition) is 6. The molecule has 0 rings (SSSR count). The zero-order valence-corrected chi connectivity index (χ0v) is 14.5. The molecule has 0 bridgehead atoms. The molecule has 1 N–H and O–H groups in total. The van der Waals surface area contributed by atoms with Crippen LogP contribution in [0.5, 0.6) is 0 Å². The van der Waals surface area contributed by atoms with Crippen LogP contribution in [0.2, 0.25) is 0 Å². The van der Waals surface area contributed by atoms with Crippen molar-refractivity contribution < 1.29 is 31.4 Å². The van der Waals surface area contributed by atoms with E-state index < -0.39 is 10.4 Å². The van der Waals surface area contributed by atoms with Crippen molar-refractivity contribution in [3.8, 4) is 0 Å². The van der Waals surface area contributed by atoms with Gasteiger partial charge in [0.2, 0.25) is 0 Å². The fourth-order valence-electron chi connectivity index (χ4n) is 1.77. The van der Waals surface area contributed by atoms with Crippen molar-refractivity contribution in [2.24, 2.45) is 0 Å². The van der Waals surface area contributed by atoms with Crippen LogP contribution >= 0.6 is 0 Å². The summed E-state index contributed by atoms with van der Waals surface area (Å²) in [5.41, 5.74) is 0. The second-order valence-corrected chi connectivity index (χ2v) is 6.10. The molecule has 0 aromatic heterocycles. The van der Waals surface area contributed by atoms with Crippen LogP contribution in [0.15, 0.2) is 0 Å². The van der Waals surface area contributed by atoms with E-state index in [1.165, 1.54) is 25.7 Å². The highest BCUT2D eigenvalue weighted by atomic mass is 32.3. The molecular formula is C14H30O7S. The molecular weight excluding hydrogens is 312 g/mol. The lowest BCUT2D eigenvalue weighted by Gasteiger charge is -2.13. The van der Waals surface area contributed by atoms with Crippen LogP contribution in [-0.4, -0.2) is 58.7 Å². The van der Waals surface area contributed by atoms with Gasteiger partial charge in [0.05, 0.1) is 45.7 Å². The summed E-state index contributed by atoms with van der Waals surface area (Å²) in [5.74, 6) is 0. The Balaban J connectivity index is 3.19. The summed E-state index contributed by atoms with van der Waals surface area (Å²) in [7, 11) is -4.38. The Labute approximate surface area is 134 Å². The third-order valence-electron chi connectivity index (χ3n) is 2.93. The molecule has 0 aliphatic rings. The zero-order chi connectivity index (χ0) is 16.7. The van der Waals surface area contributed by atoms with Crippen molar-refractivity contribution in [1.29, 1.82) is 0 Å². The fraction of sp³-hybridized carbons (Fsp3) is 1.00. The third-order valence-corrected chi connectivity index (χ3v) is 3.39. The van der Waals surface area contributed by atoms with E-state index in [2.05, 4.69) is 18.0 Å². The summed E-state index contributed by atoms with van der Waals surface area (Å²) in [6.07, 6.45) is 6.33.